The first-order chi connectivity index (χ1) is 13.3. The Balaban J connectivity index is 2.52. The minimum atomic E-state index is -3.70. The van der Waals surface area contributed by atoms with Crippen LogP contribution in [0.25, 0.3) is 0 Å². The fourth-order valence-corrected chi connectivity index (χ4v) is 4.85. The lowest BCUT2D eigenvalue weighted by Gasteiger charge is -2.30. The Bertz CT molecular complexity index is 873. The summed E-state index contributed by atoms with van der Waals surface area (Å²) in [5.74, 6) is 0.584. The highest BCUT2D eigenvalue weighted by Crippen LogP contribution is 2.36. The first-order valence-corrected chi connectivity index (χ1v) is 11.2. The Kier molecular flexibility index (Phi) is 7.69. The predicted molar refractivity (Wildman–Crippen MR) is 115 cm³/mol. The Labute approximate surface area is 170 Å². The van der Waals surface area contributed by atoms with Crippen molar-refractivity contribution in [2.75, 3.05) is 6.61 Å². The predicted octanol–water partition coefficient (Wildman–Crippen LogP) is 5.49. The molecule has 1 aliphatic rings. The van der Waals surface area contributed by atoms with E-state index in [0.29, 0.717) is 29.4 Å². The largest absolute Gasteiger partial charge is 0.492 e. The van der Waals surface area contributed by atoms with Gasteiger partial charge in [0.2, 0.25) is 0 Å². The Morgan fingerprint density at radius 2 is 1.93 bits per heavy atom. The van der Waals surface area contributed by atoms with Crippen molar-refractivity contribution < 1.29 is 13.2 Å². The number of aryl methyl sites for hydroxylation is 1. The molecule has 2 rings (SSSR count). The second-order valence-corrected chi connectivity index (χ2v) is 8.98. The number of nitrogens with zero attached hydrogens (tertiary/aromatic N) is 1. The molecule has 0 amide bonds. The number of sulfonamides is 1. The second kappa shape index (κ2) is 9.78. The maximum atomic E-state index is 13.5. The van der Waals surface area contributed by atoms with Crippen molar-refractivity contribution in [2.24, 2.45) is 0 Å². The molecule has 0 aromatic heterocycles. The molecule has 0 radical (unpaired) electrons. The molecule has 1 aromatic rings. The van der Waals surface area contributed by atoms with E-state index in [9.17, 15) is 8.42 Å². The molecule has 5 heteroatoms. The number of ether oxygens (including phenoxy) is 1. The quantitative estimate of drug-likeness (QED) is 0.312. The number of rotatable bonds is 9. The fraction of sp³-hybridized carbons (Fsp3) is 0.391. The van der Waals surface area contributed by atoms with Crippen molar-refractivity contribution in [1.29, 1.82) is 0 Å². The molecule has 0 N–H and O–H groups in total. The van der Waals surface area contributed by atoms with E-state index >= 15 is 0 Å². The van der Waals surface area contributed by atoms with E-state index in [1.165, 1.54) is 0 Å². The van der Waals surface area contributed by atoms with Gasteiger partial charge in [0.05, 0.1) is 17.2 Å². The summed E-state index contributed by atoms with van der Waals surface area (Å²) in [6.45, 7) is 12.1. The van der Waals surface area contributed by atoms with Crippen LogP contribution in [0, 0.1) is 6.92 Å². The van der Waals surface area contributed by atoms with Crippen LogP contribution < -0.4 is 0 Å². The van der Waals surface area contributed by atoms with E-state index in [4.69, 9.17) is 4.74 Å². The molecule has 0 bridgehead atoms. The van der Waals surface area contributed by atoms with Crippen LogP contribution in [0.5, 0.6) is 0 Å². The molecule has 0 unspecified atom stereocenters. The van der Waals surface area contributed by atoms with Gasteiger partial charge >= 0.3 is 0 Å². The van der Waals surface area contributed by atoms with Gasteiger partial charge in [-0.3, -0.25) is 4.31 Å². The summed E-state index contributed by atoms with van der Waals surface area (Å²) in [4.78, 5) is 0.299. The average molecular weight is 402 g/mol. The van der Waals surface area contributed by atoms with Gasteiger partial charge in [0.25, 0.3) is 10.0 Å². The summed E-state index contributed by atoms with van der Waals surface area (Å²) in [5, 5.41) is 0. The van der Waals surface area contributed by atoms with Gasteiger partial charge in [-0.1, -0.05) is 41.5 Å². The van der Waals surface area contributed by atoms with Gasteiger partial charge in [0, 0.05) is 6.04 Å². The van der Waals surface area contributed by atoms with Gasteiger partial charge in [-0.05, 0) is 65.2 Å². The van der Waals surface area contributed by atoms with Crippen LogP contribution >= 0.6 is 0 Å². The molecule has 4 nitrogen and oxygen atoms in total. The van der Waals surface area contributed by atoms with Crippen molar-refractivity contribution in [3.8, 4) is 0 Å². The van der Waals surface area contributed by atoms with E-state index in [1.807, 2.05) is 64.1 Å². The summed E-state index contributed by atoms with van der Waals surface area (Å²) in [5.41, 5.74) is 2.76. The lowest BCUT2D eigenvalue weighted by molar-refractivity contribution is 0.223. The zero-order chi connectivity index (χ0) is 20.7. The molecule has 28 heavy (non-hydrogen) atoms. The summed E-state index contributed by atoms with van der Waals surface area (Å²) < 4.78 is 34.4. The van der Waals surface area contributed by atoms with Crippen molar-refractivity contribution >= 4 is 10.0 Å². The van der Waals surface area contributed by atoms with Crippen LogP contribution in [-0.2, 0) is 14.8 Å². The normalized spacial score (nSPS) is 17.3. The molecule has 0 saturated carbocycles. The van der Waals surface area contributed by atoms with Crippen molar-refractivity contribution in [3.05, 3.63) is 77.7 Å². The zero-order valence-electron chi connectivity index (χ0n) is 17.3. The minimum absolute atomic E-state index is 0.144. The smallest absolute Gasteiger partial charge is 0.264 e. The summed E-state index contributed by atoms with van der Waals surface area (Å²) >= 11 is 0. The SMILES string of the molecule is C=CCC[C@@H]1CC=C(/C(=C\C=C(C)C)OCC)N1S(=O)(=O)c1ccc(C)cc1. The van der Waals surface area contributed by atoms with Crippen LogP contribution in [0.2, 0.25) is 0 Å². The molecule has 0 aliphatic carbocycles. The van der Waals surface area contributed by atoms with E-state index in [1.54, 1.807) is 16.4 Å². The van der Waals surface area contributed by atoms with Crippen LogP contribution in [0.4, 0.5) is 0 Å². The lowest BCUT2D eigenvalue weighted by Crippen LogP contribution is -2.36. The van der Waals surface area contributed by atoms with Gasteiger partial charge in [0.1, 0.15) is 5.76 Å². The van der Waals surface area contributed by atoms with Gasteiger partial charge in [-0.15, -0.1) is 6.58 Å². The highest BCUT2D eigenvalue weighted by Gasteiger charge is 2.38. The molecular formula is C23H31NO3S. The summed E-state index contributed by atoms with van der Waals surface area (Å²) in [6.07, 6.45) is 9.74. The Hall–Kier alpha value is -2.27. The van der Waals surface area contributed by atoms with Crippen molar-refractivity contribution in [2.45, 2.75) is 57.9 Å². The van der Waals surface area contributed by atoms with Gasteiger partial charge in [0.15, 0.2) is 0 Å². The zero-order valence-corrected chi connectivity index (χ0v) is 18.1. The van der Waals surface area contributed by atoms with E-state index in [0.717, 1.165) is 24.0 Å². The fourth-order valence-electron chi connectivity index (χ4n) is 3.14. The van der Waals surface area contributed by atoms with Crippen molar-refractivity contribution in [1.82, 2.24) is 4.31 Å². The first kappa shape index (κ1) is 22.0. The average Bonchev–Trinajstić information content (AvgIpc) is 3.08. The third-order valence-corrected chi connectivity index (χ3v) is 6.44. The van der Waals surface area contributed by atoms with Crippen LogP contribution in [0.3, 0.4) is 0 Å². The molecule has 1 heterocycles. The van der Waals surface area contributed by atoms with Crippen molar-refractivity contribution in [3.63, 3.8) is 0 Å². The van der Waals surface area contributed by atoms with Gasteiger partial charge in [-0.2, -0.15) is 0 Å². The van der Waals surface area contributed by atoms with E-state index in [-0.39, 0.29) is 6.04 Å². The van der Waals surface area contributed by atoms with E-state index < -0.39 is 10.0 Å². The molecule has 152 valence electrons. The highest BCUT2D eigenvalue weighted by molar-refractivity contribution is 7.89. The number of hydrogen-bond donors (Lipinski definition) is 0. The first-order valence-electron chi connectivity index (χ1n) is 9.71. The van der Waals surface area contributed by atoms with Gasteiger partial charge < -0.3 is 4.74 Å². The lowest BCUT2D eigenvalue weighted by atomic mass is 10.1. The molecule has 1 aromatic carbocycles. The highest BCUT2D eigenvalue weighted by atomic mass is 32.2. The molecule has 1 aliphatic heterocycles. The third-order valence-electron chi connectivity index (χ3n) is 4.55. The van der Waals surface area contributed by atoms with Crippen LogP contribution in [-0.4, -0.2) is 25.4 Å². The number of allylic oxidation sites excluding steroid dienone is 4. The summed E-state index contributed by atoms with van der Waals surface area (Å²) in [6, 6.07) is 6.85. The molecule has 0 saturated heterocycles. The third kappa shape index (κ3) is 5.16. The van der Waals surface area contributed by atoms with Crippen LogP contribution in [0.15, 0.2) is 77.1 Å². The molecule has 0 fully saturated rings. The van der Waals surface area contributed by atoms with Gasteiger partial charge in [-0.25, -0.2) is 8.42 Å². The monoisotopic (exact) mass is 401 g/mol. The second-order valence-electron chi connectivity index (χ2n) is 7.17. The number of benzene rings is 1. The minimum Gasteiger partial charge on any atom is -0.492 e. The Morgan fingerprint density at radius 1 is 1.25 bits per heavy atom. The van der Waals surface area contributed by atoms with E-state index in [2.05, 4.69) is 6.58 Å². The maximum Gasteiger partial charge on any atom is 0.264 e. The Morgan fingerprint density at radius 3 is 2.50 bits per heavy atom. The molecule has 0 spiro atoms. The van der Waals surface area contributed by atoms with Crippen LogP contribution in [0.1, 0.15) is 45.6 Å². The maximum absolute atomic E-state index is 13.5. The standard InChI is InChI=1S/C23H31NO3S/c1-6-8-9-20-13-16-22(23(27-7-2)17-10-18(3)4)24(20)28(25,26)21-14-11-19(5)12-15-21/h6,10-12,14-17,20H,1,7-9,13H2,2-5H3/b23-17+/t20-/m1/s1. The number of hydrogen-bond acceptors (Lipinski definition) is 3. The molecular weight excluding hydrogens is 370 g/mol. The summed E-state index contributed by atoms with van der Waals surface area (Å²) in [7, 11) is -3.70. The molecule has 1 atom stereocenters. The topological polar surface area (TPSA) is 46.6 Å².